The zero-order chi connectivity index (χ0) is 39.3. The number of anilines is 1. The third-order valence-corrected chi connectivity index (χ3v) is 12.7. The topological polar surface area (TPSA) is 153 Å². The van der Waals surface area contributed by atoms with Crippen molar-refractivity contribution in [2.75, 3.05) is 45.2 Å². The maximum absolute atomic E-state index is 14.0. The Labute approximate surface area is 332 Å². The first-order valence-corrected chi connectivity index (χ1v) is 20.3. The average molecular weight is 785 g/mol. The largest absolute Gasteiger partial charge is 0.506 e. The molecule has 0 spiro atoms. The number of carbonyl (C=O) groups excluding carboxylic acids is 2. The first-order chi connectivity index (χ1) is 27.1. The van der Waals surface area contributed by atoms with E-state index in [0.717, 1.165) is 87.7 Å². The number of hydrogen-bond donors (Lipinski definition) is 5. The van der Waals surface area contributed by atoms with Crippen LogP contribution in [0.5, 0.6) is 11.5 Å². The SMILES string of the molecule is COc1cc(NC(=O)CCCc2cccc(C3(C(=O)OCC45CCN(CC4)CC5)CCCCC3)c2)c(Cl)cc1CNCC(O)c1ccc(O)c2[nH]c(=O)ccc12. The van der Waals surface area contributed by atoms with E-state index in [-0.39, 0.29) is 47.1 Å². The third kappa shape index (κ3) is 8.76. The smallest absolute Gasteiger partial charge is 0.316 e. The highest BCUT2D eigenvalue weighted by molar-refractivity contribution is 6.33. The molecule has 8 rings (SSSR count). The number of rotatable bonds is 15. The summed E-state index contributed by atoms with van der Waals surface area (Å²) in [7, 11) is 1.54. The zero-order valence-corrected chi connectivity index (χ0v) is 32.9. The van der Waals surface area contributed by atoms with Crippen LogP contribution in [0, 0.1) is 5.41 Å². The van der Waals surface area contributed by atoms with E-state index in [1.54, 1.807) is 31.4 Å². The Balaban J connectivity index is 0.923. The van der Waals surface area contributed by atoms with Crippen LogP contribution in [-0.2, 0) is 32.7 Å². The molecule has 56 heavy (non-hydrogen) atoms. The summed E-state index contributed by atoms with van der Waals surface area (Å²) in [5.41, 5.74) is 3.32. The number of halogens is 1. The number of hydrogen-bond acceptors (Lipinski definition) is 9. The van der Waals surface area contributed by atoms with Crippen molar-refractivity contribution in [3.05, 3.63) is 98.3 Å². The normalized spacial score (nSPS) is 20.7. The molecule has 0 radical (unpaired) electrons. The van der Waals surface area contributed by atoms with Gasteiger partial charge in [0.25, 0.3) is 0 Å². The first-order valence-electron chi connectivity index (χ1n) is 20.0. The summed E-state index contributed by atoms with van der Waals surface area (Å²) in [6, 6.07) is 17.8. The van der Waals surface area contributed by atoms with E-state index < -0.39 is 11.5 Å². The number of esters is 1. The number of carbonyl (C=O) groups is 2. The number of amides is 1. The quantitative estimate of drug-likeness (QED) is 0.0810. The van der Waals surface area contributed by atoms with Crippen molar-refractivity contribution in [3.63, 3.8) is 0 Å². The van der Waals surface area contributed by atoms with Gasteiger partial charge in [-0.05, 0) is 99.5 Å². The number of aromatic hydroxyl groups is 1. The minimum atomic E-state index is -0.930. The molecule has 2 bridgehead atoms. The lowest BCUT2D eigenvalue weighted by atomic mass is 9.68. The van der Waals surface area contributed by atoms with Gasteiger partial charge < -0.3 is 40.2 Å². The van der Waals surface area contributed by atoms with Gasteiger partial charge in [0.05, 0.1) is 41.5 Å². The van der Waals surface area contributed by atoms with Gasteiger partial charge in [0.2, 0.25) is 11.5 Å². The molecule has 1 aliphatic carbocycles. The number of aryl methyl sites for hydroxylation is 1. The van der Waals surface area contributed by atoms with Gasteiger partial charge in [0, 0.05) is 48.0 Å². The maximum Gasteiger partial charge on any atom is 0.316 e. The molecule has 1 aromatic heterocycles. The number of aliphatic hydroxyl groups is 1. The van der Waals surface area contributed by atoms with Crippen LogP contribution in [0.15, 0.2) is 65.5 Å². The number of H-pyrrole nitrogens is 1. The zero-order valence-electron chi connectivity index (χ0n) is 32.1. The third-order valence-electron chi connectivity index (χ3n) is 12.4. The summed E-state index contributed by atoms with van der Waals surface area (Å²) in [4.78, 5) is 44.0. The number of phenolic OH excluding ortho intramolecular Hbond substituents is 1. The van der Waals surface area contributed by atoms with Crippen molar-refractivity contribution in [2.45, 2.75) is 88.7 Å². The van der Waals surface area contributed by atoms with E-state index in [4.69, 9.17) is 21.1 Å². The second-order valence-corrected chi connectivity index (χ2v) is 16.4. The number of phenols is 1. The summed E-state index contributed by atoms with van der Waals surface area (Å²) in [6.07, 6.45) is 8.77. The molecule has 1 saturated carbocycles. The average Bonchev–Trinajstić information content (AvgIpc) is 3.22. The van der Waals surface area contributed by atoms with Crippen LogP contribution in [0.2, 0.25) is 5.02 Å². The number of fused-ring (bicyclic) bond motifs is 4. The minimum absolute atomic E-state index is 0.0646. The van der Waals surface area contributed by atoms with E-state index in [9.17, 15) is 24.6 Å². The van der Waals surface area contributed by atoms with Crippen LogP contribution in [0.25, 0.3) is 10.9 Å². The summed E-state index contributed by atoms with van der Waals surface area (Å²) in [5, 5.41) is 28.2. The number of aromatic nitrogens is 1. The fourth-order valence-corrected chi connectivity index (χ4v) is 9.18. The van der Waals surface area contributed by atoms with E-state index in [1.807, 2.05) is 6.07 Å². The van der Waals surface area contributed by atoms with Gasteiger partial charge in [-0.3, -0.25) is 14.4 Å². The van der Waals surface area contributed by atoms with Crippen LogP contribution < -0.4 is 20.9 Å². The lowest BCUT2D eigenvalue weighted by Crippen LogP contribution is -2.51. The molecule has 4 fully saturated rings. The molecule has 3 aliphatic heterocycles. The second-order valence-electron chi connectivity index (χ2n) is 16.0. The number of nitrogens with one attached hydrogen (secondary N) is 3. The number of aromatic amines is 1. The van der Waals surface area contributed by atoms with Crippen LogP contribution in [0.4, 0.5) is 5.69 Å². The molecule has 12 heteroatoms. The van der Waals surface area contributed by atoms with Gasteiger partial charge in [-0.25, -0.2) is 0 Å². The first kappa shape index (κ1) is 39.8. The lowest BCUT2D eigenvalue weighted by molar-refractivity contribution is -0.159. The van der Waals surface area contributed by atoms with Gasteiger partial charge in [0.15, 0.2) is 0 Å². The summed E-state index contributed by atoms with van der Waals surface area (Å²) in [5.74, 6) is 0.220. The molecule has 4 heterocycles. The number of nitrogens with zero attached hydrogens (tertiary/aromatic N) is 1. The number of piperidine rings is 3. The fourth-order valence-electron chi connectivity index (χ4n) is 8.95. The highest BCUT2D eigenvalue weighted by atomic mass is 35.5. The predicted octanol–water partition coefficient (Wildman–Crippen LogP) is 6.91. The number of benzene rings is 3. The van der Waals surface area contributed by atoms with Crippen LogP contribution >= 0.6 is 11.6 Å². The van der Waals surface area contributed by atoms with Gasteiger partial charge in [0.1, 0.15) is 11.5 Å². The Morgan fingerprint density at radius 3 is 2.50 bits per heavy atom. The van der Waals surface area contributed by atoms with E-state index >= 15 is 0 Å². The number of methoxy groups -OCH3 is 1. The molecule has 1 unspecified atom stereocenters. The maximum atomic E-state index is 14.0. The Kier molecular flexibility index (Phi) is 12.4. The highest BCUT2D eigenvalue weighted by Gasteiger charge is 2.45. The Bertz CT molecular complexity index is 2090. The summed E-state index contributed by atoms with van der Waals surface area (Å²) < 4.78 is 11.9. The van der Waals surface area contributed by atoms with Crippen molar-refractivity contribution < 1.29 is 29.3 Å². The van der Waals surface area contributed by atoms with Crippen molar-refractivity contribution >= 4 is 40.1 Å². The molecule has 3 aromatic carbocycles. The van der Waals surface area contributed by atoms with Crippen molar-refractivity contribution in [2.24, 2.45) is 5.41 Å². The number of aliphatic hydroxyl groups excluding tert-OH is 1. The van der Waals surface area contributed by atoms with Crippen molar-refractivity contribution in [1.82, 2.24) is 15.2 Å². The van der Waals surface area contributed by atoms with Crippen molar-refractivity contribution in [3.8, 4) is 11.5 Å². The lowest BCUT2D eigenvalue weighted by Gasteiger charge is -2.48. The van der Waals surface area contributed by atoms with Crippen LogP contribution in [-0.4, -0.2) is 71.9 Å². The van der Waals surface area contributed by atoms with Crippen LogP contribution in [0.1, 0.15) is 92.6 Å². The monoisotopic (exact) mass is 784 g/mol. The number of pyridine rings is 1. The van der Waals surface area contributed by atoms with Gasteiger partial charge >= 0.3 is 5.97 Å². The van der Waals surface area contributed by atoms with Gasteiger partial charge in [-0.15, -0.1) is 0 Å². The summed E-state index contributed by atoms with van der Waals surface area (Å²) >= 11 is 6.64. The van der Waals surface area contributed by atoms with Crippen molar-refractivity contribution in [1.29, 1.82) is 0 Å². The van der Waals surface area contributed by atoms with Gasteiger partial charge in [-0.1, -0.05) is 61.2 Å². The number of ether oxygens (including phenoxy) is 2. The molecule has 298 valence electrons. The molecular formula is C44H53ClN4O7. The molecule has 4 aliphatic rings. The van der Waals surface area contributed by atoms with Gasteiger partial charge in [-0.2, -0.15) is 0 Å². The highest BCUT2D eigenvalue weighted by Crippen LogP contribution is 2.44. The molecule has 11 nitrogen and oxygen atoms in total. The Hall–Kier alpha value is -4.42. The minimum Gasteiger partial charge on any atom is -0.506 e. The fraction of sp³-hybridized carbons (Fsp3) is 0.477. The molecule has 5 N–H and O–H groups in total. The predicted molar refractivity (Wildman–Crippen MR) is 217 cm³/mol. The Morgan fingerprint density at radius 1 is 0.982 bits per heavy atom. The van der Waals surface area contributed by atoms with E-state index in [1.165, 1.54) is 12.1 Å². The van der Waals surface area contributed by atoms with Crippen LogP contribution in [0.3, 0.4) is 0 Å². The summed E-state index contributed by atoms with van der Waals surface area (Å²) in [6.45, 7) is 4.34. The molecule has 1 atom stereocenters. The Morgan fingerprint density at radius 2 is 1.75 bits per heavy atom. The second kappa shape index (κ2) is 17.4. The van der Waals surface area contributed by atoms with E-state index in [2.05, 4.69) is 38.7 Å². The van der Waals surface area contributed by atoms with E-state index in [0.29, 0.717) is 53.4 Å². The molecule has 3 saturated heterocycles. The standard InChI is InChI=1S/C44H53ClN4O7/c1-55-38-25-35(34(45)24-30(38)26-46-27-37(51)32-11-13-36(50)41-33(32)12-14-40(53)48-41)47-39(52)10-6-8-29-7-5-9-31(23-29)44(15-3-2-4-16-44)42(54)56-28-43-17-20-49(21-18-43)22-19-43/h5,7,9,11-14,23-25,37,46,50-51H,2-4,6,8,10,15-22,26-28H2,1H3,(H,47,52)(H,48,53). The molecule has 1 amide bonds. The molecular weight excluding hydrogens is 732 g/mol. The molecule has 4 aromatic rings.